The Balaban J connectivity index is 1.63. The Labute approximate surface area is 227 Å². The average molecular weight is 575 g/mol. The number of aryl methyl sites for hydroxylation is 1. The molecule has 39 heavy (non-hydrogen) atoms. The number of likely N-dealkylation sites (tertiary alicyclic amines) is 1. The number of benzene rings is 1. The molecule has 1 saturated heterocycles. The minimum absolute atomic E-state index is 0.0571. The molecule has 4 aromatic rings. The zero-order valence-electron chi connectivity index (χ0n) is 21.2. The zero-order chi connectivity index (χ0) is 28.3. The molecule has 0 unspecified atom stereocenters. The van der Waals surface area contributed by atoms with E-state index >= 15 is 0 Å². The molecule has 0 radical (unpaired) electrons. The molecule has 1 aromatic carbocycles. The second-order valence-corrected chi connectivity index (χ2v) is 12.2. The second kappa shape index (κ2) is 9.42. The fraction of sp³-hybridized carbons (Fsp3) is 0.320. The van der Waals surface area contributed by atoms with Crippen LogP contribution in [0.5, 0.6) is 0 Å². The lowest BCUT2D eigenvalue weighted by molar-refractivity contribution is -0.144. The number of rotatable bonds is 6. The number of aromatic nitrogens is 4. The van der Waals surface area contributed by atoms with E-state index in [2.05, 4.69) is 15.3 Å². The second-order valence-electron chi connectivity index (χ2n) is 9.88. The summed E-state index contributed by atoms with van der Waals surface area (Å²) in [5.74, 6) is -1.23. The molecule has 0 spiro atoms. The molecule has 0 atom stereocenters. The molecular weight excluding hydrogens is 551 g/mol. The minimum atomic E-state index is -3.72. The van der Waals surface area contributed by atoms with Crippen LogP contribution >= 0.6 is 11.6 Å². The highest BCUT2D eigenvalue weighted by atomic mass is 35.5. The molecule has 0 bridgehead atoms. The first-order valence-electron chi connectivity index (χ1n) is 11.8. The van der Waals surface area contributed by atoms with Crippen molar-refractivity contribution in [2.75, 3.05) is 19.3 Å². The molecule has 11 nitrogen and oxygen atoms in total. The number of hydrogen-bond acceptors (Lipinski definition) is 7. The van der Waals surface area contributed by atoms with Gasteiger partial charge < -0.3 is 14.8 Å². The van der Waals surface area contributed by atoms with E-state index in [9.17, 15) is 27.2 Å². The molecule has 14 heteroatoms. The number of amides is 2. The van der Waals surface area contributed by atoms with Crippen LogP contribution in [0.25, 0.3) is 22.1 Å². The Morgan fingerprint density at radius 3 is 2.49 bits per heavy atom. The lowest BCUT2D eigenvalue weighted by atomic mass is 9.99. The maximum Gasteiger partial charge on any atom is 0.265 e. The number of sulfone groups is 1. The predicted octanol–water partition coefficient (Wildman–Crippen LogP) is 1.84. The van der Waals surface area contributed by atoms with E-state index in [-0.39, 0.29) is 46.9 Å². The number of nitrogens with one attached hydrogen (secondary N) is 1. The van der Waals surface area contributed by atoms with Gasteiger partial charge in [0.15, 0.2) is 0 Å². The SMILES string of the molecule is Cn1c(S(C)(=O)=O)nc2cnc3c(cc(C(=O)NCc4ccc(Cl)cc4)c(=O)n3CC(=O)N3CC(C)(F)C3)c21. The summed E-state index contributed by atoms with van der Waals surface area (Å²) in [6, 6.07) is 8.10. The maximum atomic E-state index is 14.0. The summed E-state index contributed by atoms with van der Waals surface area (Å²) >= 11 is 5.91. The molecule has 4 heterocycles. The van der Waals surface area contributed by atoms with E-state index in [0.717, 1.165) is 16.4 Å². The van der Waals surface area contributed by atoms with Gasteiger partial charge in [-0.1, -0.05) is 23.7 Å². The molecule has 1 aliphatic heterocycles. The fourth-order valence-electron chi connectivity index (χ4n) is 4.68. The molecule has 0 aliphatic carbocycles. The van der Waals surface area contributed by atoms with Crippen molar-refractivity contribution >= 4 is 55.3 Å². The molecular formula is C25H24ClFN6O5S. The van der Waals surface area contributed by atoms with Crippen molar-refractivity contribution in [3.05, 3.63) is 63.0 Å². The summed E-state index contributed by atoms with van der Waals surface area (Å²) in [5.41, 5.74) is -1.22. The normalized spacial score (nSPS) is 14.9. The zero-order valence-corrected chi connectivity index (χ0v) is 22.8. The lowest BCUT2D eigenvalue weighted by Gasteiger charge is -2.42. The summed E-state index contributed by atoms with van der Waals surface area (Å²) in [7, 11) is -2.22. The van der Waals surface area contributed by atoms with E-state index in [4.69, 9.17) is 11.6 Å². The molecule has 5 rings (SSSR count). The highest BCUT2D eigenvalue weighted by Crippen LogP contribution is 2.27. The van der Waals surface area contributed by atoms with Gasteiger partial charge >= 0.3 is 0 Å². The van der Waals surface area contributed by atoms with Crippen molar-refractivity contribution in [2.24, 2.45) is 7.05 Å². The number of alkyl halides is 1. The van der Waals surface area contributed by atoms with Crippen molar-refractivity contribution in [3.8, 4) is 0 Å². The first-order chi connectivity index (χ1) is 18.2. The molecule has 3 aromatic heterocycles. The van der Waals surface area contributed by atoms with Crippen LogP contribution in [-0.4, -0.2) is 69.2 Å². The van der Waals surface area contributed by atoms with Gasteiger partial charge in [0.05, 0.1) is 24.8 Å². The van der Waals surface area contributed by atoms with Crippen LogP contribution in [0.2, 0.25) is 5.02 Å². The van der Waals surface area contributed by atoms with Crippen LogP contribution in [0, 0.1) is 0 Å². The van der Waals surface area contributed by atoms with E-state index in [1.54, 1.807) is 24.3 Å². The third-order valence-corrected chi connectivity index (χ3v) is 7.82. The summed E-state index contributed by atoms with van der Waals surface area (Å²) in [5, 5.41) is 3.25. The van der Waals surface area contributed by atoms with Gasteiger partial charge in [0.25, 0.3) is 11.5 Å². The van der Waals surface area contributed by atoms with Gasteiger partial charge in [-0.3, -0.25) is 19.0 Å². The Kier molecular flexibility index (Phi) is 6.46. The van der Waals surface area contributed by atoms with Crippen molar-refractivity contribution in [1.82, 2.24) is 29.3 Å². The van der Waals surface area contributed by atoms with Crippen LogP contribution in [-0.2, 0) is 34.8 Å². The van der Waals surface area contributed by atoms with Crippen LogP contribution in [0.15, 0.2) is 46.5 Å². The third kappa shape index (κ3) is 4.99. The highest BCUT2D eigenvalue weighted by molar-refractivity contribution is 7.90. The Morgan fingerprint density at radius 1 is 1.21 bits per heavy atom. The molecule has 1 fully saturated rings. The van der Waals surface area contributed by atoms with Crippen LogP contribution in [0.1, 0.15) is 22.8 Å². The summed E-state index contributed by atoms with van der Waals surface area (Å²) < 4.78 is 41.0. The fourth-order valence-corrected chi connectivity index (χ4v) is 5.66. The summed E-state index contributed by atoms with van der Waals surface area (Å²) in [6.45, 7) is 0.762. The average Bonchev–Trinajstić information content (AvgIpc) is 3.20. The molecule has 1 aliphatic rings. The number of halogens is 2. The monoisotopic (exact) mass is 574 g/mol. The van der Waals surface area contributed by atoms with Gasteiger partial charge in [-0.2, -0.15) is 0 Å². The van der Waals surface area contributed by atoms with Gasteiger partial charge in [-0.25, -0.2) is 22.8 Å². The number of hydrogen-bond donors (Lipinski definition) is 1. The number of fused-ring (bicyclic) bond motifs is 3. The van der Waals surface area contributed by atoms with Crippen LogP contribution < -0.4 is 10.9 Å². The van der Waals surface area contributed by atoms with Crippen molar-refractivity contribution in [1.29, 1.82) is 0 Å². The molecule has 2 amide bonds. The largest absolute Gasteiger partial charge is 0.348 e. The van der Waals surface area contributed by atoms with E-state index in [1.807, 2.05) is 0 Å². The Morgan fingerprint density at radius 2 is 1.87 bits per heavy atom. The Bertz CT molecular complexity index is 1820. The lowest BCUT2D eigenvalue weighted by Crippen LogP contribution is -2.60. The Hall–Kier alpha value is -3.84. The number of pyridine rings is 2. The molecule has 1 N–H and O–H groups in total. The number of carbonyl (C=O) groups excluding carboxylic acids is 2. The van der Waals surface area contributed by atoms with Crippen LogP contribution in [0.4, 0.5) is 4.39 Å². The summed E-state index contributed by atoms with van der Waals surface area (Å²) in [6.07, 6.45) is 2.31. The van der Waals surface area contributed by atoms with Crippen molar-refractivity contribution < 1.29 is 22.4 Å². The van der Waals surface area contributed by atoms with Crippen molar-refractivity contribution in [2.45, 2.75) is 30.8 Å². The third-order valence-electron chi connectivity index (χ3n) is 6.54. The van der Waals surface area contributed by atoms with Gasteiger partial charge in [0, 0.05) is 30.3 Å². The standard InChI is InChI=1S/C25H24ClFN6O5S/c1-25(27)12-32(13-25)19(34)11-33-21-16(20-18(10-28-21)30-24(31(20)2)39(3,37)38)8-17(23(33)36)22(35)29-9-14-4-6-15(26)7-5-14/h4-8,10H,9,11-13H2,1-3H3,(H,29,35). The van der Waals surface area contributed by atoms with Crippen LogP contribution in [0.3, 0.4) is 0 Å². The van der Waals surface area contributed by atoms with Gasteiger partial charge in [-0.05, 0) is 30.7 Å². The number of nitrogens with zero attached hydrogens (tertiary/aromatic N) is 5. The van der Waals surface area contributed by atoms with Crippen molar-refractivity contribution in [3.63, 3.8) is 0 Å². The molecule has 204 valence electrons. The molecule has 0 saturated carbocycles. The maximum absolute atomic E-state index is 14.0. The first-order valence-corrected chi connectivity index (χ1v) is 14.1. The van der Waals surface area contributed by atoms with Gasteiger partial charge in [0.1, 0.15) is 28.9 Å². The van der Waals surface area contributed by atoms with E-state index < -0.39 is 39.4 Å². The van der Waals surface area contributed by atoms with E-state index in [0.29, 0.717) is 10.5 Å². The summed E-state index contributed by atoms with van der Waals surface area (Å²) in [4.78, 5) is 49.4. The number of carbonyl (C=O) groups is 2. The number of imidazole rings is 1. The predicted molar refractivity (Wildman–Crippen MR) is 142 cm³/mol. The highest BCUT2D eigenvalue weighted by Gasteiger charge is 2.41. The smallest absolute Gasteiger partial charge is 0.265 e. The van der Waals surface area contributed by atoms with E-state index in [1.165, 1.54) is 35.7 Å². The quantitative estimate of drug-likeness (QED) is 0.371. The minimum Gasteiger partial charge on any atom is -0.348 e. The topological polar surface area (TPSA) is 136 Å². The van der Waals surface area contributed by atoms with Gasteiger partial charge in [0.2, 0.25) is 20.9 Å². The first kappa shape index (κ1) is 26.8. The van der Waals surface area contributed by atoms with Gasteiger partial charge in [-0.15, -0.1) is 0 Å².